The third-order valence-corrected chi connectivity index (χ3v) is 5.25. The number of piperidine rings is 1. The third kappa shape index (κ3) is 2.63. The van der Waals surface area contributed by atoms with E-state index in [0.29, 0.717) is 19.6 Å². The molecule has 1 fully saturated rings. The number of carbonyl (C=O) groups is 2. The largest absolute Gasteiger partial charge is 0.479 e. The van der Waals surface area contributed by atoms with Gasteiger partial charge in [-0.05, 0) is 36.3 Å². The first kappa shape index (κ1) is 14.3. The maximum atomic E-state index is 12.7. The quantitative estimate of drug-likeness (QED) is 0.818. The minimum Gasteiger partial charge on any atom is -0.479 e. The highest BCUT2D eigenvalue weighted by Crippen LogP contribution is 2.34. The first-order valence-corrected chi connectivity index (χ1v) is 8.06. The number of carbonyl (C=O) groups excluding carboxylic acids is 1. The predicted molar refractivity (Wildman–Crippen MR) is 79.3 cm³/mol. The van der Waals surface area contributed by atoms with Gasteiger partial charge in [-0.1, -0.05) is 0 Å². The number of carboxylic acid groups (broad SMARTS) is 1. The molecule has 1 atom stereocenters. The standard InChI is InChI=1S/C14H19N3O3S/c15-9-1-5-16(6-2-9)14(20)17-7-3-11-10(4-8-21-11)12(17)13(18)19/h4,8-9,12H,1-3,5-7,15H2,(H,18,19). The summed E-state index contributed by atoms with van der Waals surface area (Å²) >= 11 is 1.56. The Balaban J connectivity index is 1.81. The molecule has 2 amide bonds. The molecular weight excluding hydrogens is 290 g/mol. The summed E-state index contributed by atoms with van der Waals surface area (Å²) in [5.41, 5.74) is 6.62. The highest BCUT2D eigenvalue weighted by atomic mass is 32.1. The van der Waals surface area contributed by atoms with Crippen molar-refractivity contribution in [2.75, 3.05) is 19.6 Å². The Labute approximate surface area is 127 Å². The number of urea groups is 1. The molecule has 3 N–H and O–H groups in total. The van der Waals surface area contributed by atoms with Crippen LogP contribution in [0.2, 0.25) is 0 Å². The number of nitrogens with zero attached hydrogens (tertiary/aromatic N) is 2. The fourth-order valence-electron chi connectivity index (χ4n) is 3.06. The molecule has 2 aliphatic heterocycles. The van der Waals surface area contributed by atoms with Gasteiger partial charge >= 0.3 is 12.0 Å². The van der Waals surface area contributed by atoms with Crippen LogP contribution in [-0.4, -0.2) is 52.6 Å². The summed E-state index contributed by atoms with van der Waals surface area (Å²) in [6.45, 7) is 1.69. The van der Waals surface area contributed by atoms with E-state index in [1.807, 2.05) is 11.4 Å². The summed E-state index contributed by atoms with van der Waals surface area (Å²) in [6, 6.07) is 0.938. The number of fused-ring (bicyclic) bond motifs is 1. The lowest BCUT2D eigenvalue weighted by atomic mass is 10.00. The number of amides is 2. The molecule has 114 valence electrons. The highest BCUT2D eigenvalue weighted by molar-refractivity contribution is 7.10. The molecule has 1 saturated heterocycles. The number of carboxylic acids is 1. The molecule has 0 spiro atoms. The first-order valence-electron chi connectivity index (χ1n) is 7.18. The molecule has 0 aromatic carbocycles. The van der Waals surface area contributed by atoms with Gasteiger partial charge in [-0.2, -0.15) is 0 Å². The summed E-state index contributed by atoms with van der Waals surface area (Å²) in [5, 5.41) is 11.4. The van der Waals surface area contributed by atoms with Crippen LogP contribution in [0.1, 0.15) is 29.3 Å². The van der Waals surface area contributed by atoms with Gasteiger partial charge in [0.25, 0.3) is 0 Å². The first-order chi connectivity index (χ1) is 10.1. The van der Waals surface area contributed by atoms with Crippen molar-refractivity contribution in [1.82, 2.24) is 9.80 Å². The van der Waals surface area contributed by atoms with Gasteiger partial charge in [0, 0.05) is 30.6 Å². The van der Waals surface area contributed by atoms with Gasteiger partial charge in [0.2, 0.25) is 0 Å². The molecule has 1 unspecified atom stereocenters. The minimum absolute atomic E-state index is 0.147. The second kappa shape index (κ2) is 5.65. The van der Waals surface area contributed by atoms with E-state index in [2.05, 4.69) is 0 Å². The molecule has 0 radical (unpaired) electrons. The molecule has 0 bridgehead atoms. The Morgan fingerprint density at radius 3 is 2.67 bits per heavy atom. The van der Waals surface area contributed by atoms with Crippen molar-refractivity contribution in [1.29, 1.82) is 0 Å². The Morgan fingerprint density at radius 2 is 2.00 bits per heavy atom. The Hall–Kier alpha value is -1.60. The summed E-state index contributed by atoms with van der Waals surface area (Å²) in [6.07, 6.45) is 2.29. The second-order valence-corrected chi connectivity index (χ2v) is 6.59. The van der Waals surface area contributed by atoms with Gasteiger partial charge in [0.1, 0.15) is 0 Å². The van der Waals surface area contributed by atoms with Gasteiger partial charge in [0.05, 0.1) is 0 Å². The van der Waals surface area contributed by atoms with Crippen LogP contribution in [0.25, 0.3) is 0 Å². The van der Waals surface area contributed by atoms with E-state index in [9.17, 15) is 14.7 Å². The molecule has 3 heterocycles. The van der Waals surface area contributed by atoms with Gasteiger partial charge in [-0.25, -0.2) is 9.59 Å². The fraction of sp³-hybridized carbons (Fsp3) is 0.571. The van der Waals surface area contributed by atoms with E-state index < -0.39 is 12.0 Å². The van der Waals surface area contributed by atoms with Crippen LogP contribution < -0.4 is 5.73 Å². The summed E-state index contributed by atoms with van der Waals surface area (Å²) < 4.78 is 0. The lowest BCUT2D eigenvalue weighted by Crippen LogP contribution is -2.52. The van der Waals surface area contributed by atoms with Gasteiger partial charge in [-0.3, -0.25) is 0 Å². The topological polar surface area (TPSA) is 86.9 Å². The van der Waals surface area contributed by atoms with Crippen LogP contribution in [0.4, 0.5) is 4.79 Å². The zero-order valence-electron chi connectivity index (χ0n) is 11.7. The van der Waals surface area contributed by atoms with Gasteiger partial charge in [0.15, 0.2) is 6.04 Å². The number of thiophene rings is 1. The van der Waals surface area contributed by atoms with Crippen LogP contribution in [0.15, 0.2) is 11.4 Å². The number of likely N-dealkylation sites (tertiary alicyclic amines) is 1. The Morgan fingerprint density at radius 1 is 1.29 bits per heavy atom. The van der Waals surface area contributed by atoms with Gasteiger partial charge in [-0.15, -0.1) is 11.3 Å². The number of hydrogen-bond donors (Lipinski definition) is 2. The monoisotopic (exact) mass is 309 g/mol. The van der Waals surface area contributed by atoms with Crippen molar-refractivity contribution in [2.45, 2.75) is 31.3 Å². The van der Waals surface area contributed by atoms with Crippen LogP contribution in [0, 0.1) is 0 Å². The maximum absolute atomic E-state index is 12.7. The molecule has 7 heteroatoms. The normalized spacial score (nSPS) is 23.0. The van der Waals surface area contributed by atoms with Crippen molar-refractivity contribution in [3.8, 4) is 0 Å². The molecule has 2 aliphatic rings. The summed E-state index contributed by atoms with van der Waals surface area (Å²) in [4.78, 5) is 28.6. The van der Waals surface area contributed by atoms with Gasteiger partial charge < -0.3 is 20.6 Å². The predicted octanol–water partition coefficient (Wildman–Crippen LogP) is 1.27. The average Bonchev–Trinajstić information content (AvgIpc) is 2.94. The zero-order chi connectivity index (χ0) is 15.0. The van der Waals surface area contributed by atoms with Crippen LogP contribution in [0.3, 0.4) is 0 Å². The Bertz CT molecular complexity index is 551. The number of hydrogen-bond acceptors (Lipinski definition) is 4. The Kier molecular flexibility index (Phi) is 3.86. The minimum atomic E-state index is -0.962. The van der Waals surface area contributed by atoms with E-state index in [1.165, 1.54) is 4.90 Å². The maximum Gasteiger partial charge on any atom is 0.331 e. The molecule has 0 saturated carbocycles. The number of nitrogens with two attached hydrogens (primary N) is 1. The van der Waals surface area contributed by atoms with Crippen molar-refractivity contribution >= 4 is 23.3 Å². The van der Waals surface area contributed by atoms with Crippen LogP contribution in [0.5, 0.6) is 0 Å². The fourth-order valence-corrected chi connectivity index (χ4v) is 3.96. The smallest absolute Gasteiger partial charge is 0.331 e. The lowest BCUT2D eigenvalue weighted by molar-refractivity contribution is -0.143. The molecule has 21 heavy (non-hydrogen) atoms. The van der Waals surface area contributed by atoms with Crippen molar-refractivity contribution in [2.24, 2.45) is 5.73 Å². The summed E-state index contributed by atoms with van der Waals surface area (Å²) in [7, 11) is 0. The molecule has 6 nitrogen and oxygen atoms in total. The van der Waals surface area contributed by atoms with Crippen LogP contribution >= 0.6 is 11.3 Å². The van der Waals surface area contributed by atoms with Crippen molar-refractivity contribution in [3.05, 3.63) is 21.9 Å². The number of rotatable bonds is 1. The lowest BCUT2D eigenvalue weighted by Gasteiger charge is -2.39. The zero-order valence-corrected chi connectivity index (χ0v) is 12.5. The summed E-state index contributed by atoms with van der Waals surface area (Å²) in [5.74, 6) is -0.962. The second-order valence-electron chi connectivity index (χ2n) is 5.59. The highest BCUT2D eigenvalue weighted by Gasteiger charge is 2.38. The number of aliphatic carboxylic acids is 1. The van der Waals surface area contributed by atoms with E-state index in [-0.39, 0.29) is 12.1 Å². The van der Waals surface area contributed by atoms with E-state index in [4.69, 9.17) is 5.73 Å². The van der Waals surface area contributed by atoms with E-state index in [0.717, 1.165) is 29.7 Å². The molecular formula is C14H19N3O3S. The molecule has 3 rings (SSSR count). The third-order valence-electron chi connectivity index (χ3n) is 4.26. The molecule has 1 aromatic rings. The average molecular weight is 309 g/mol. The van der Waals surface area contributed by atoms with E-state index >= 15 is 0 Å². The SMILES string of the molecule is NC1CCN(C(=O)N2CCc3sccc3C2C(=O)O)CC1. The van der Waals surface area contributed by atoms with Crippen LogP contribution in [-0.2, 0) is 11.2 Å². The van der Waals surface area contributed by atoms with Crippen molar-refractivity contribution in [3.63, 3.8) is 0 Å². The van der Waals surface area contributed by atoms with E-state index in [1.54, 1.807) is 16.2 Å². The van der Waals surface area contributed by atoms with Crippen molar-refractivity contribution < 1.29 is 14.7 Å². The molecule has 1 aromatic heterocycles. The molecule has 0 aliphatic carbocycles.